The predicted molar refractivity (Wildman–Crippen MR) is 95.5 cm³/mol. The topological polar surface area (TPSA) is 59.8 Å². The fourth-order valence-corrected chi connectivity index (χ4v) is 2.38. The smallest absolute Gasteiger partial charge is 0.310 e. The maximum Gasteiger partial charge on any atom is 0.310 e. The summed E-state index contributed by atoms with van der Waals surface area (Å²) in [4.78, 5) is 25.9. The Kier molecular flexibility index (Phi) is 6.57. The zero-order valence-corrected chi connectivity index (χ0v) is 14.8. The third-order valence-corrected chi connectivity index (χ3v) is 3.83. The van der Waals surface area contributed by atoms with E-state index in [0.29, 0.717) is 12.3 Å². The summed E-state index contributed by atoms with van der Waals surface area (Å²) < 4.78 is 10.1. The van der Waals surface area contributed by atoms with Gasteiger partial charge < -0.3 is 14.1 Å². The van der Waals surface area contributed by atoms with Crippen molar-refractivity contribution < 1.29 is 18.7 Å². The standard InChI is InChI=1S/C20H23NO4/c1-15-6-8-17(9-7-15)10-11-19(22)21(13-16(2)20(23)24-3)14-18-5-4-12-25-18/h4-12,16H,13-14H2,1-3H3/b11-10+. The van der Waals surface area contributed by atoms with Crippen LogP contribution in [0, 0.1) is 12.8 Å². The van der Waals surface area contributed by atoms with Crippen molar-refractivity contribution in [2.24, 2.45) is 5.92 Å². The van der Waals surface area contributed by atoms with E-state index in [1.165, 1.54) is 13.2 Å². The molecule has 0 N–H and O–H groups in total. The van der Waals surface area contributed by atoms with Gasteiger partial charge in [-0.15, -0.1) is 0 Å². The van der Waals surface area contributed by atoms with Crippen molar-refractivity contribution in [2.45, 2.75) is 20.4 Å². The molecule has 132 valence electrons. The number of benzene rings is 1. The summed E-state index contributed by atoms with van der Waals surface area (Å²) in [5.41, 5.74) is 2.10. The Labute approximate surface area is 147 Å². The molecule has 0 spiro atoms. The van der Waals surface area contributed by atoms with Crippen LogP contribution < -0.4 is 0 Å². The highest BCUT2D eigenvalue weighted by Gasteiger charge is 2.21. The molecule has 2 rings (SSSR count). The van der Waals surface area contributed by atoms with E-state index in [1.54, 1.807) is 36.3 Å². The van der Waals surface area contributed by atoms with Crippen LogP contribution in [0.5, 0.6) is 0 Å². The number of esters is 1. The normalized spacial score (nSPS) is 12.1. The molecule has 1 unspecified atom stereocenters. The number of hydrogen-bond acceptors (Lipinski definition) is 4. The minimum atomic E-state index is -0.420. The number of nitrogens with zero attached hydrogens (tertiary/aromatic N) is 1. The highest BCUT2D eigenvalue weighted by atomic mass is 16.5. The van der Waals surface area contributed by atoms with Gasteiger partial charge in [0.15, 0.2) is 0 Å². The number of ether oxygens (including phenoxy) is 1. The van der Waals surface area contributed by atoms with Crippen LogP contribution in [0.4, 0.5) is 0 Å². The Morgan fingerprint density at radius 1 is 1.24 bits per heavy atom. The van der Waals surface area contributed by atoms with E-state index in [2.05, 4.69) is 0 Å². The molecule has 1 atom stereocenters. The molecule has 1 amide bonds. The van der Waals surface area contributed by atoms with E-state index in [0.717, 1.165) is 11.1 Å². The molecule has 2 aromatic rings. The molecule has 1 aromatic carbocycles. The molecule has 25 heavy (non-hydrogen) atoms. The van der Waals surface area contributed by atoms with Crippen LogP contribution in [0.25, 0.3) is 6.08 Å². The monoisotopic (exact) mass is 341 g/mol. The van der Waals surface area contributed by atoms with Crippen molar-refractivity contribution in [3.05, 3.63) is 65.6 Å². The van der Waals surface area contributed by atoms with Crippen LogP contribution in [0.1, 0.15) is 23.8 Å². The maximum absolute atomic E-state index is 12.6. The lowest BCUT2D eigenvalue weighted by molar-refractivity contribution is -0.146. The molecule has 0 saturated carbocycles. The van der Waals surface area contributed by atoms with E-state index in [9.17, 15) is 9.59 Å². The van der Waals surface area contributed by atoms with Crippen molar-refractivity contribution in [1.82, 2.24) is 4.90 Å². The fraction of sp³-hybridized carbons (Fsp3) is 0.300. The van der Waals surface area contributed by atoms with Gasteiger partial charge >= 0.3 is 5.97 Å². The Bertz CT molecular complexity index is 717. The maximum atomic E-state index is 12.6. The Morgan fingerprint density at radius 3 is 2.56 bits per heavy atom. The zero-order valence-electron chi connectivity index (χ0n) is 14.8. The summed E-state index contributed by atoms with van der Waals surface area (Å²) in [5.74, 6) is -0.293. The van der Waals surface area contributed by atoms with Gasteiger partial charge in [0.1, 0.15) is 5.76 Å². The van der Waals surface area contributed by atoms with E-state index < -0.39 is 5.92 Å². The first-order valence-electron chi connectivity index (χ1n) is 8.13. The quantitative estimate of drug-likeness (QED) is 0.572. The fourth-order valence-electron chi connectivity index (χ4n) is 2.38. The molecule has 0 bridgehead atoms. The molecular weight excluding hydrogens is 318 g/mol. The molecule has 0 aliphatic heterocycles. The lowest BCUT2D eigenvalue weighted by Crippen LogP contribution is -2.35. The average Bonchev–Trinajstić information content (AvgIpc) is 3.12. The van der Waals surface area contributed by atoms with Crippen LogP contribution in [0.2, 0.25) is 0 Å². The lowest BCUT2D eigenvalue weighted by atomic mass is 10.1. The van der Waals surface area contributed by atoms with E-state index in [4.69, 9.17) is 9.15 Å². The van der Waals surface area contributed by atoms with Crippen molar-refractivity contribution in [1.29, 1.82) is 0 Å². The summed E-state index contributed by atoms with van der Waals surface area (Å²) in [5, 5.41) is 0. The third-order valence-electron chi connectivity index (χ3n) is 3.83. The highest BCUT2D eigenvalue weighted by molar-refractivity contribution is 5.92. The molecule has 0 fully saturated rings. The second-order valence-electron chi connectivity index (χ2n) is 5.97. The molecule has 5 heteroatoms. The van der Waals surface area contributed by atoms with Crippen LogP contribution in [0.3, 0.4) is 0 Å². The van der Waals surface area contributed by atoms with Gasteiger partial charge in [-0.1, -0.05) is 36.8 Å². The molecule has 0 aliphatic carbocycles. The molecule has 0 saturated heterocycles. The van der Waals surface area contributed by atoms with Crippen LogP contribution in [0.15, 0.2) is 53.2 Å². The lowest BCUT2D eigenvalue weighted by Gasteiger charge is -2.23. The van der Waals surface area contributed by atoms with Crippen molar-refractivity contribution in [3.63, 3.8) is 0 Å². The number of hydrogen-bond donors (Lipinski definition) is 0. The second-order valence-corrected chi connectivity index (χ2v) is 5.97. The molecule has 0 aliphatic rings. The predicted octanol–water partition coefficient (Wildman–Crippen LogP) is 3.44. The van der Waals surface area contributed by atoms with Gasteiger partial charge in [-0.3, -0.25) is 9.59 Å². The van der Waals surface area contributed by atoms with Crippen molar-refractivity contribution >= 4 is 18.0 Å². The Balaban J connectivity index is 2.10. The second kappa shape index (κ2) is 8.87. The number of furan rings is 1. The van der Waals surface area contributed by atoms with E-state index >= 15 is 0 Å². The van der Waals surface area contributed by atoms with Gasteiger partial charge in [0.25, 0.3) is 0 Å². The van der Waals surface area contributed by atoms with Gasteiger partial charge in [0.2, 0.25) is 5.91 Å². The Morgan fingerprint density at radius 2 is 1.96 bits per heavy atom. The van der Waals surface area contributed by atoms with Crippen LogP contribution in [-0.4, -0.2) is 30.4 Å². The molecule has 1 heterocycles. The minimum Gasteiger partial charge on any atom is -0.469 e. The molecule has 0 radical (unpaired) electrons. The Hall–Kier alpha value is -2.82. The van der Waals surface area contributed by atoms with Gasteiger partial charge in [-0.25, -0.2) is 0 Å². The van der Waals surface area contributed by atoms with Gasteiger partial charge in [-0.2, -0.15) is 0 Å². The van der Waals surface area contributed by atoms with E-state index in [-0.39, 0.29) is 18.4 Å². The summed E-state index contributed by atoms with van der Waals surface area (Å²) in [6, 6.07) is 11.4. The summed E-state index contributed by atoms with van der Waals surface area (Å²) in [6.45, 7) is 4.30. The zero-order chi connectivity index (χ0) is 18.2. The number of carbonyl (C=O) groups is 2. The number of methoxy groups -OCH3 is 1. The summed E-state index contributed by atoms with van der Waals surface area (Å²) in [7, 11) is 1.34. The van der Waals surface area contributed by atoms with Crippen molar-refractivity contribution in [2.75, 3.05) is 13.7 Å². The third kappa shape index (κ3) is 5.64. The minimum absolute atomic E-state index is 0.187. The van der Waals surface area contributed by atoms with Gasteiger partial charge in [0, 0.05) is 12.6 Å². The first kappa shape index (κ1) is 18.5. The molecular formula is C20H23NO4. The summed E-state index contributed by atoms with van der Waals surface area (Å²) >= 11 is 0. The molecule has 5 nitrogen and oxygen atoms in total. The highest BCUT2D eigenvalue weighted by Crippen LogP contribution is 2.12. The van der Waals surface area contributed by atoms with Crippen LogP contribution in [-0.2, 0) is 20.9 Å². The summed E-state index contributed by atoms with van der Waals surface area (Å²) in [6.07, 6.45) is 4.83. The van der Waals surface area contributed by atoms with Gasteiger partial charge in [-0.05, 0) is 30.7 Å². The number of aryl methyl sites for hydroxylation is 1. The van der Waals surface area contributed by atoms with Crippen molar-refractivity contribution in [3.8, 4) is 0 Å². The van der Waals surface area contributed by atoms with E-state index in [1.807, 2.05) is 31.2 Å². The number of carbonyl (C=O) groups excluding carboxylic acids is 2. The molecule has 1 aromatic heterocycles. The number of amides is 1. The average molecular weight is 341 g/mol. The first-order valence-corrected chi connectivity index (χ1v) is 8.13. The first-order chi connectivity index (χ1) is 12.0. The van der Waals surface area contributed by atoms with Crippen LogP contribution >= 0.6 is 0 Å². The van der Waals surface area contributed by atoms with Gasteiger partial charge in [0.05, 0.1) is 25.8 Å². The largest absolute Gasteiger partial charge is 0.469 e. The number of rotatable bonds is 7. The SMILES string of the molecule is COC(=O)C(C)CN(Cc1ccco1)C(=O)/C=C/c1ccc(C)cc1.